The Morgan fingerprint density at radius 3 is 2.81 bits per heavy atom. The quantitative estimate of drug-likeness (QED) is 0.738. The molecule has 1 saturated heterocycles. The lowest BCUT2D eigenvalue weighted by atomic mass is 9.98. The number of hydrogen-bond acceptors (Lipinski definition) is 6. The number of aromatic nitrogens is 4. The third-order valence-corrected chi connectivity index (χ3v) is 4.48. The van der Waals surface area contributed by atoms with Crippen LogP contribution in [-0.4, -0.2) is 56.7 Å². The molecule has 2 aromatic rings. The highest BCUT2D eigenvalue weighted by Gasteiger charge is 2.29. The van der Waals surface area contributed by atoms with Crippen LogP contribution in [0.1, 0.15) is 19.8 Å². The van der Waals surface area contributed by atoms with Crippen molar-refractivity contribution in [3.63, 3.8) is 0 Å². The Morgan fingerprint density at radius 2 is 2.08 bits per heavy atom. The number of rotatable bonds is 5. The average Bonchev–Trinajstić information content (AvgIpc) is 3.11. The monoisotopic (exact) mass is 377 g/mol. The first-order valence-corrected chi connectivity index (χ1v) is 8.92. The van der Waals surface area contributed by atoms with E-state index in [4.69, 9.17) is 16.3 Å². The van der Waals surface area contributed by atoms with E-state index in [0.29, 0.717) is 30.5 Å². The fourth-order valence-electron chi connectivity index (χ4n) is 2.90. The van der Waals surface area contributed by atoms with Gasteiger partial charge in [-0.25, -0.2) is 0 Å². The van der Waals surface area contributed by atoms with Gasteiger partial charge in [0.25, 0.3) is 0 Å². The number of ether oxygens (including phenoxy) is 1. The number of carbonyl (C=O) groups excluding carboxylic acids is 2. The van der Waals surface area contributed by atoms with E-state index in [1.807, 2.05) is 0 Å². The largest absolute Gasteiger partial charge is 0.466 e. The molecular weight excluding hydrogens is 358 g/mol. The smallest absolute Gasteiger partial charge is 0.310 e. The van der Waals surface area contributed by atoms with Gasteiger partial charge < -0.3 is 9.64 Å². The lowest BCUT2D eigenvalue weighted by molar-refractivity contribution is -0.151. The summed E-state index contributed by atoms with van der Waals surface area (Å²) in [5.41, 5.74) is 0.772. The van der Waals surface area contributed by atoms with Crippen molar-refractivity contribution in [3.05, 3.63) is 29.3 Å². The SMILES string of the molecule is CCOC(=O)C1CCCN(C(=O)Cn2nnc(-c3ccc(Cl)cc3)n2)C1. The van der Waals surface area contributed by atoms with Crippen LogP contribution in [0.4, 0.5) is 0 Å². The second kappa shape index (κ2) is 8.27. The van der Waals surface area contributed by atoms with E-state index in [2.05, 4.69) is 15.4 Å². The Hall–Kier alpha value is -2.48. The normalized spacial score (nSPS) is 17.2. The van der Waals surface area contributed by atoms with Crippen LogP contribution in [-0.2, 0) is 20.9 Å². The molecule has 0 N–H and O–H groups in total. The van der Waals surface area contributed by atoms with Gasteiger partial charge >= 0.3 is 5.97 Å². The Bertz CT molecular complexity index is 777. The topological polar surface area (TPSA) is 90.2 Å². The minimum Gasteiger partial charge on any atom is -0.466 e. The first-order valence-electron chi connectivity index (χ1n) is 8.55. The average molecular weight is 378 g/mol. The molecule has 1 aromatic carbocycles. The molecule has 1 unspecified atom stereocenters. The van der Waals surface area contributed by atoms with E-state index in [1.54, 1.807) is 36.1 Å². The molecule has 0 spiro atoms. The second-order valence-corrected chi connectivity index (χ2v) is 6.52. The van der Waals surface area contributed by atoms with Crippen LogP contribution in [0.25, 0.3) is 11.4 Å². The standard InChI is InChI=1S/C17H20ClN5O3/c1-2-26-17(25)13-4-3-9-22(10-13)15(24)11-23-20-16(19-21-23)12-5-7-14(18)8-6-12/h5-8,13H,2-4,9-11H2,1H3. The molecule has 1 fully saturated rings. The van der Waals surface area contributed by atoms with Crippen molar-refractivity contribution in [3.8, 4) is 11.4 Å². The molecule has 0 aliphatic carbocycles. The van der Waals surface area contributed by atoms with Gasteiger partial charge in [0.05, 0.1) is 12.5 Å². The summed E-state index contributed by atoms with van der Waals surface area (Å²) in [4.78, 5) is 27.3. The molecule has 1 aromatic heterocycles. The highest BCUT2D eigenvalue weighted by atomic mass is 35.5. The maximum atomic E-state index is 12.5. The molecule has 138 valence electrons. The van der Waals surface area contributed by atoms with Crippen molar-refractivity contribution >= 4 is 23.5 Å². The summed E-state index contributed by atoms with van der Waals surface area (Å²) in [5.74, 6) is -0.216. The number of halogens is 1. The number of benzene rings is 1. The Morgan fingerprint density at radius 1 is 1.31 bits per heavy atom. The summed E-state index contributed by atoms with van der Waals surface area (Å²) < 4.78 is 5.06. The zero-order chi connectivity index (χ0) is 18.5. The molecule has 0 bridgehead atoms. The van der Waals surface area contributed by atoms with Crippen LogP contribution < -0.4 is 0 Å². The summed E-state index contributed by atoms with van der Waals surface area (Å²) >= 11 is 5.87. The van der Waals surface area contributed by atoms with Crippen LogP contribution in [0, 0.1) is 5.92 Å². The number of carbonyl (C=O) groups is 2. The van der Waals surface area contributed by atoms with Crippen molar-refractivity contribution in [2.45, 2.75) is 26.3 Å². The molecule has 26 heavy (non-hydrogen) atoms. The summed E-state index contributed by atoms with van der Waals surface area (Å²) in [5, 5.41) is 12.8. The van der Waals surface area contributed by atoms with E-state index in [1.165, 1.54) is 4.80 Å². The van der Waals surface area contributed by atoms with Gasteiger partial charge in [-0.3, -0.25) is 9.59 Å². The number of tetrazole rings is 1. The zero-order valence-electron chi connectivity index (χ0n) is 14.5. The number of likely N-dealkylation sites (tertiary alicyclic amines) is 1. The van der Waals surface area contributed by atoms with E-state index >= 15 is 0 Å². The van der Waals surface area contributed by atoms with Crippen LogP contribution in [0.2, 0.25) is 5.02 Å². The van der Waals surface area contributed by atoms with Gasteiger partial charge in [0.2, 0.25) is 11.7 Å². The number of nitrogens with zero attached hydrogens (tertiary/aromatic N) is 5. The van der Waals surface area contributed by atoms with Crippen molar-refractivity contribution in [1.82, 2.24) is 25.1 Å². The van der Waals surface area contributed by atoms with Gasteiger partial charge in [0.1, 0.15) is 6.54 Å². The highest BCUT2D eigenvalue weighted by Crippen LogP contribution is 2.19. The van der Waals surface area contributed by atoms with Gasteiger partial charge in [-0.05, 0) is 49.2 Å². The molecule has 9 heteroatoms. The Balaban J connectivity index is 1.61. The lowest BCUT2D eigenvalue weighted by Crippen LogP contribution is -2.44. The van der Waals surface area contributed by atoms with E-state index in [9.17, 15) is 9.59 Å². The third-order valence-electron chi connectivity index (χ3n) is 4.23. The molecule has 1 atom stereocenters. The number of piperidine rings is 1. The summed E-state index contributed by atoms with van der Waals surface area (Å²) in [6.07, 6.45) is 1.51. The van der Waals surface area contributed by atoms with E-state index in [0.717, 1.165) is 18.4 Å². The predicted octanol–water partition coefficient (Wildman–Crippen LogP) is 1.80. The summed E-state index contributed by atoms with van der Waals surface area (Å²) in [7, 11) is 0. The first kappa shape index (κ1) is 18.3. The van der Waals surface area contributed by atoms with Gasteiger partial charge in [-0.1, -0.05) is 11.6 Å². The van der Waals surface area contributed by atoms with Gasteiger partial charge in [-0.15, -0.1) is 10.2 Å². The Kier molecular flexibility index (Phi) is 5.82. The molecular formula is C17H20ClN5O3. The number of hydrogen-bond donors (Lipinski definition) is 0. The van der Waals surface area contributed by atoms with Crippen LogP contribution in [0.15, 0.2) is 24.3 Å². The summed E-state index contributed by atoms with van der Waals surface area (Å²) in [6.45, 7) is 3.10. The fourth-order valence-corrected chi connectivity index (χ4v) is 3.03. The molecule has 1 aliphatic rings. The zero-order valence-corrected chi connectivity index (χ0v) is 15.2. The number of amides is 1. The molecule has 8 nitrogen and oxygen atoms in total. The fraction of sp³-hybridized carbons (Fsp3) is 0.471. The molecule has 0 radical (unpaired) electrons. The van der Waals surface area contributed by atoms with Crippen LogP contribution >= 0.6 is 11.6 Å². The molecule has 0 saturated carbocycles. The molecule has 2 heterocycles. The molecule has 1 amide bonds. The number of esters is 1. The third kappa shape index (κ3) is 4.37. The maximum absolute atomic E-state index is 12.5. The van der Waals surface area contributed by atoms with E-state index < -0.39 is 0 Å². The van der Waals surface area contributed by atoms with Crippen molar-refractivity contribution in [2.75, 3.05) is 19.7 Å². The minimum absolute atomic E-state index is 0.0177. The second-order valence-electron chi connectivity index (χ2n) is 6.08. The van der Waals surface area contributed by atoms with E-state index in [-0.39, 0.29) is 24.3 Å². The first-order chi connectivity index (χ1) is 12.6. The molecule has 3 rings (SSSR count). The van der Waals surface area contributed by atoms with Crippen LogP contribution in [0.5, 0.6) is 0 Å². The minimum atomic E-state index is -0.263. The van der Waals surface area contributed by atoms with Gasteiger partial charge in [-0.2, -0.15) is 4.80 Å². The lowest BCUT2D eigenvalue weighted by Gasteiger charge is -2.31. The highest BCUT2D eigenvalue weighted by molar-refractivity contribution is 6.30. The Labute approximate surface area is 156 Å². The van der Waals surface area contributed by atoms with Crippen molar-refractivity contribution < 1.29 is 14.3 Å². The predicted molar refractivity (Wildman–Crippen MR) is 94.2 cm³/mol. The molecule has 1 aliphatic heterocycles. The van der Waals surface area contributed by atoms with Crippen molar-refractivity contribution in [1.29, 1.82) is 0 Å². The summed E-state index contributed by atoms with van der Waals surface area (Å²) in [6, 6.07) is 7.07. The van der Waals surface area contributed by atoms with Gasteiger partial charge in [0, 0.05) is 23.7 Å². The van der Waals surface area contributed by atoms with Crippen molar-refractivity contribution in [2.24, 2.45) is 5.92 Å². The maximum Gasteiger partial charge on any atom is 0.310 e. The van der Waals surface area contributed by atoms with Gasteiger partial charge in [0.15, 0.2) is 0 Å². The van der Waals surface area contributed by atoms with Crippen LogP contribution in [0.3, 0.4) is 0 Å².